The first kappa shape index (κ1) is 12.1. The number of amides is 1. The molecule has 17 heavy (non-hydrogen) atoms. The molecule has 1 heterocycles. The molecule has 0 aromatic carbocycles. The minimum absolute atomic E-state index is 0.0187. The van der Waals surface area contributed by atoms with Gasteiger partial charge in [0, 0.05) is 13.0 Å². The molecule has 1 aliphatic carbocycles. The Hall–Kier alpha value is -1.36. The second-order valence-electron chi connectivity index (χ2n) is 4.12. The van der Waals surface area contributed by atoms with E-state index in [9.17, 15) is 4.79 Å². The summed E-state index contributed by atoms with van der Waals surface area (Å²) in [6, 6.07) is 0. The summed E-state index contributed by atoms with van der Waals surface area (Å²) in [5.74, 6) is 0.564. The Bertz CT molecular complexity index is 418. The van der Waals surface area contributed by atoms with Crippen LogP contribution in [-0.2, 0) is 4.79 Å². The van der Waals surface area contributed by atoms with Crippen LogP contribution in [0.2, 0.25) is 5.15 Å². The van der Waals surface area contributed by atoms with Gasteiger partial charge < -0.3 is 10.6 Å². The maximum absolute atomic E-state index is 11.9. The van der Waals surface area contributed by atoms with Crippen molar-refractivity contribution in [1.82, 2.24) is 9.97 Å². The van der Waals surface area contributed by atoms with Crippen molar-refractivity contribution in [3.05, 3.63) is 11.3 Å². The fraction of sp³-hybridized carbons (Fsp3) is 0.545. The summed E-state index contributed by atoms with van der Waals surface area (Å²) in [5.41, 5.74) is 0.475. The lowest BCUT2D eigenvalue weighted by Gasteiger charge is -2.11. The molecule has 6 heteroatoms. The number of nitrogens with one attached hydrogen (secondary N) is 2. The summed E-state index contributed by atoms with van der Waals surface area (Å²) >= 11 is 5.95. The summed E-state index contributed by atoms with van der Waals surface area (Å²) in [6.45, 7) is 0. The van der Waals surface area contributed by atoms with Crippen molar-refractivity contribution in [3.8, 4) is 0 Å². The lowest BCUT2D eigenvalue weighted by atomic mass is 10.1. The number of halogens is 1. The van der Waals surface area contributed by atoms with Crippen molar-refractivity contribution >= 4 is 29.1 Å². The van der Waals surface area contributed by atoms with Crippen LogP contribution in [0.4, 0.5) is 11.6 Å². The highest BCUT2D eigenvalue weighted by Gasteiger charge is 2.23. The molecule has 0 atom stereocenters. The van der Waals surface area contributed by atoms with Crippen molar-refractivity contribution in [2.45, 2.75) is 25.7 Å². The maximum Gasteiger partial charge on any atom is 0.227 e. The van der Waals surface area contributed by atoms with Gasteiger partial charge in [0.2, 0.25) is 11.9 Å². The molecule has 0 unspecified atom stereocenters. The van der Waals surface area contributed by atoms with Crippen LogP contribution in [0.15, 0.2) is 6.20 Å². The standard InChI is InChI=1S/C11H15ClN4O/c1-13-11-14-6-8(9(12)16-11)15-10(17)7-4-2-3-5-7/h6-7H,2-5H2,1H3,(H,15,17)(H,13,14,16). The molecule has 0 spiro atoms. The Kier molecular flexibility index (Phi) is 3.78. The highest BCUT2D eigenvalue weighted by Crippen LogP contribution is 2.27. The molecule has 1 amide bonds. The summed E-state index contributed by atoms with van der Waals surface area (Å²) in [6.07, 6.45) is 5.69. The molecule has 0 bridgehead atoms. The summed E-state index contributed by atoms with van der Waals surface area (Å²) < 4.78 is 0. The van der Waals surface area contributed by atoms with Gasteiger partial charge >= 0.3 is 0 Å². The van der Waals surface area contributed by atoms with Gasteiger partial charge in [0.1, 0.15) is 0 Å². The number of hydrogen-bond acceptors (Lipinski definition) is 4. The van der Waals surface area contributed by atoms with Gasteiger partial charge in [0.15, 0.2) is 5.15 Å². The van der Waals surface area contributed by atoms with Crippen LogP contribution >= 0.6 is 11.6 Å². The Balaban J connectivity index is 2.05. The molecule has 0 radical (unpaired) electrons. The normalized spacial score (nSPS) is 15.9. The minimum atomic E-state index is 0.0187. The molecule has 2 N–H and O–H groups in total. The topological polar surface area (TPSA) is 66.9 Å². The molecular formula is C11H15ClN4O. The number of rotatable bonds is 3. The third-order valence-corrected chi connectivity index (χ3v) is 3.24. The highest BCUT2D eigenvalue weighted by atomic mass is 35.5. The third-order valence-electron chi connectivity index (χ3n) is 2.95. The fourth-order valence-electron chi connectivity index (χ4n) is 1.99. The summed E-state index contributed by atoms with van der Waals surface area (Å²) in [7, 11) is 1.71. The Labute approximate surface area is 105 Å². The van der Waals surface area contributed by atoms with Gasteiger partial charge in [0.25, 0.3) is 0 Å². The molecular weight excluding hydrogens is 240 g/mol. The van der Waals surface area contributed by atoms with E-state index in [0.717, 1.165) is 25.7 Å². The van der Waals surface area contributed by atoms with Gasteiger partial charge in [-0.25, -0.2) is 4.98 Å². The van der Waals surface area contributed by atoms with Gasteiger partial charge in [-0.1, -0.05) is 24.4 Å². The first-order valence-electron chi connectivity index (χ1n) is 5.72. The van der Waals surface area contributed by atoms with Crippen LogP contribution in [0.1, 0.15) is 25.7 Å². The van der Waals surface area contributed by atoms with E-state index in [4.69, 9.17) is 11.6 Å². The molecule has 92 valence electrons. The van der Waals surface area contributed by atoms with Crippen molar-refractivity contribution < 1.29 is 4.79 Å². The first-order chi connectivity index (χ1) is 8.20. The molecule has 1 aromatic rings. The van der Waals surface area contributed by atoms with Crippen LogP contribution in [0, 0.1) is 5.92 Å². The van der Waals surface area contributed by atoms with Gasteiger partial charge in [-0.05, 0) is 12.8 Å². The van der Waals surface area contributed by atoms with E-state index in [1.807, 2.05) is 0 Å². The van der Waals surface area contributed by atoms with Crippen LogP contribution in [0.3, 0.4) is 0 Å². The molecule has 2 rings (SSSR count). The van der Waals surface area contributed by atoms with E-state index >= 15 is 0 Å². The zero-order chi connectivity index (χ0) is 12.3. The van der Waals surface area contributed by atoms with Crippen molar-refractivity contribution in [2.24, 2.45) is 5.92 Å². The van der Waals surface area contributed by atoms with Crippen LogP contribution in [0.5, 0.6) is 0 Å². The van der Waals surface area contributed by atoms with Crippen LogP contribution in [-0.4, -0.2) is 22.9 Å². The molecule has 0 aliphatic heterocycles. The molecule has 1 fully saturated rings. The van der Waals surface area contributed by atoms with E-state index in [2.05, 4.69) is 20.6 Å². The van der Waals surface area contributed by atoms with Gasteiger partial charge in [0.05, 0.1) is 11.9 Å². The molecule has 1 aromatic heterocycles. The Morgan fingerprint density at radius 1 is 1.47 bits per heavy atom. The predicted octanol–water partition coefficient (Wildman–Crippen LogP) is 2.30. The zero-order valence-electron chi connectivity index (χ0n) is 9.66. The quantitative estimate of drug-likeness (QED) is 0.813. The molecule has 1 saturated carbocycles. The number of anilines is 2. The molecule has 1 aliphatic rings. The van der Waals surface area contributed by atoms with Crippen molar-refractivity contribution in [1.29, 1.82) is 0 Å². The number of hydrogen-bond donors (Lipinski definition) is 2. The number of aromatic nitrogens is 2. The average Bonchev–Trinajstić information content (AvgIpc) is 2.85. The van der Waals surface area contributed by atoms with Gasteiger partial charge in [-0.15, -0.1) is 0 Å². The number of carbonyl (C=O) groups is 1. The Morgan fingerprint density at radius 3 is 2.76 bits per heavy atom. The minimum Gasteiger partial charge on any atom is -0.357 e. The zero-order valence-corrected chi connectivity index (χ0v) is 10.4. The lowest BCUT2D eigenvalue weighted by Crippen LogP contribution is -2.20. The van der Waals surface area contributed by atoms with E-state index < -0.39 is 0 Å². The number of nitrogens with zero attached hydrogens (tertiary/aromatic N) is 2. The van der Waals surface area contributed by atoms with E-state index in [-0.39, 0.29) is 17.0 Å². The largest absolute Gasteiger partial charge is 0.357 e. The predicted molar refractivity (Wildman–Crippen MR) is 67.2 cm³/mol. The fourth-order valence-corrected chi connectivity index (χ4v) is 2.16. The van der Waals surface area contributed by atoms with Crippen LogP contribution in [0.25, 0.3) is 0 Å². The van der Waals surface area contributed by atoms with Crippen molar-refractivity contribution in [2.75, 3.05) is 17.7 Å². The second kappa shape index (κ2) is 5.31. The summed E-state index contributed by atoms with van der Waals surface area (Å²) in [5, 5.41) is 5.82. The average molecular weight is 255 g/mol. The smallest absolute Gasteiger partial charge is 0.227 e. The monoisotopic (exact) mass is 254 g/mol. The number of carbonyl (C=O) groups excluding carboxylic acids is 1. The molecule has 5 nitrogen and oxygen atoms in total. The van der Waals surface area contributed by atoms with Gasteiger partial charge in [-0.2, -0.15) is 4.98 Å². The van der Waals surface area contributed by atoms with Crippen molar-refractivity contribution in [3.63, 3.8) is 0 Å². The summed E-state index contributed by atoms with van der Waals surface area (Å²) in [4.78, 5) is 19.9. The van der Waals surface area contributed by atoms with Crippen LogP contribution < -0.4 is 10.6 Å². The Morgan fingerprint density at radius 2 is 2.18 bits per heavy atom. The van der Waals surface area contributed by atoms with Gasteiger partial charge in [-0.3, -0.25) is 4.79 Å². The first-order valence-corrected chi connectivity index (χ1v) is 6.09. The second-order valence-corrected chi connectivity index (χ2v) is 4.48. The van der Waals surface area contributed by atoms with E-state index in [0.29, 0.717) is 11.6 Å². The maximum atomic E-state index is 11.9. The SMILES string of the molecule is CNc1ncc(NC(=O)C2CCCC2)c(Cl)n1. The molecule has 0 saturated heterocycles. The van der Waals surface area contributed by atoms with E-state index in [1.165, 1.54) is 6.20 Å². The van der Waals surface area contributed by atoms with E-state index in [1.54, 1.807) is 7.05 Å². The highest BCUT2D eigenvalue weighted by molar-refractivity contribution is 6.32. The third kappa shape index (κ3) is 2.85. The lowest BCUT2D eigenvalue weighted by molar-refractivity contribution is -0.119.